The first-order chi connectivity index (χ1) is 15.4. The van der Waals surface area contributed by atoms with Crippen LogP contribution < -0.4 is 5.32 Å². The third-order valence-electron chi connectivity index (χ3n) is 6.31. The van der Waals surface area contributed by atoms with Crippen molar-refractivity contribution in [3.63, 3.8) is 0 Å². The van der Waals surface area contributed by atoms with Gasteiger partial charge in [0.25, 0.3) is 5.22 Å². The number of hydrogen-bond acceptors (Lipinski definition) is 8. The minimum atomic E-state index is -0.195. The van der Waals surface area contributed by atoms with E-state index >= 15 is 0 Å². The summed E-state index contributed by atoms with van der Waals surface area (Å²) in [6.45, 7) is 6.87. The number of fused-ring (bicyclic) bond motifs is 1. The van der Waals surface area contributed by atoms with Crippen LogP contribution in [-0.4, -0.2) is 26.8 Å². The zero-order valence-electron chi connectivity index (χ0n) is 18.3. The van der Waals surface area contributed by atoms with Gasteiger partial charge in [-0.25, -0.2) is 0 Å². The van der Waals surface area contributed by atoms with Crippen molar-refractivity contribution in [2.75, 3.05) is 11.1 Å². The lowest BCUT2D eigenvalue weighted by Gasteiger charge is -2.36. The smallest absolute Gasteiger partial charge is 0.277 e. The summed E-state index contributed by atoms with van der Waals surface area (Å²) in [7, 11) is 0. The fourth-order valence-corrected chi connectivity index (χ4v) is 5.77. The molecule has 0 radical (unpaired) electrons. The molecule has 3 aromatic heterocycles. The van der Waals surface area contributed by atoms with Gasteiger partial charge in [0.15, 0.2) is 0 Å². The van der Waals surface area contributed by atoms with Crippen molar-refractivity contribution in [1.82, 2.24) is 15.2 Å². The Labute approximate surface area is 195 Å². The van der Waals surface area contributed by atoms with Crippen molar-refractivity contribution in [3.8, 4) is 17.5 Å². The van der Waals surface area contributed by atoms with Gasteiger partial charge >= 0.3 is 0 Å². The summed E-state index contributed by atoms with van der Waals surface area (Å²) in [6.07, 6.45) is 7.38. The van der Waals surface area contributed by atoms with Crippen LogP contribution >= 0.6 is 23.1 Å². The number of thioether (sulfide) groups is 1. The number of aromatic nitrogens is 3. The van der Waals surface area contributed by atoms with Crippen molar-refractivity contribution in [2.24, 2.45) is 11.3 Å². The van der Waals surface area contributed by atoms with E-state index in [2.05, 4.69) is 47.3 Å². The molecule has 3 heterocycles. The lowest BCUT2D eigenvalue weighted by molar-refractivity contribution is -0.113. The highest BCUT2D eigenvalue weighted by Crippen LogP contribution is 2.45. The summed E-state index contributed by atoms with van der Waals surface area (Å²) in [6, 6.07) is 5.88. The quantitative estimate of drug-likeness (QED) is 0.468. The number of carbonyl (C=O) groups is 1. The maximum Gasteiger partial charge on any atom is 0.277 e. The lowest BCUT2D eigenvalue weighted by Crippen LogP contribution is -2.28. The van der Waals surface area contributed by atoms with Gasteiger partial charge in [0, 0.05) is 22.8 Å². The molecule has 1 N–H and O–H groups in total. The minimum absolute atomic E-state index is 0.122. The third-order valence-corrected chi connectivity index (χ3v) is 8.30. The Morgan fingerprint density at radius 1 is 1.38 bits per heavy atom. The number of pyridine rings is 1. The summed E-state index contributed by atoms with van der Waals surface area (Å²) in [4.78, 5) is 17.8. The number of hydrogen-bond donors (Lipinski definition) is 1. The van der Waals surface area contributed by atoms with Crippen LogP contribution in [0.3, 0.4) is 0 Å². The van der Waals surface area contributed by atoms with Crippen LogP contribution in [0.25, 0.3) is 11.5 Å². The molecule has 0 bridgehead atoms. The Balaban J connectivity index is 1.40. The molecular formula is C23H25N5O2S2. The topological polar surface area (TPSA) is 105 Å². The number of amides is 1. The van der Waals surface area contributed by atoms with Gasteiger partial charge in [-0.15, -0.1) is 21.5 Å². The zero-order chi connectivity index (χ0) is 22.7. The van der Waals surface area contributed by atoms with Crippen molar-refractivity contribution < 1.29 is 9.21 Å². The van der Waals surface area contributed by atoms with E-state index < -0.39 is 0 Å². The first kappa shape index (κ1) is 22.5. The molecule has 1 atom stereocenters. The maximum atomic E-state index is 12.6. The van der Waals surface area contributed by atoms with Gasteiger partial charge in [-0.2, -0.15) is 5.26 Å². The van der Waals surface area contributed by atoms with E-state index in [1.165, 1.54) is 16.6 Å². The largest absolute Gasteiger partial charge is 0.411 e. The molecular weight excluding hydrogens is 442 g/mol. The van der Waals surface area contributed by atoms with E-state index in [9.17, 15) is 10.1 Å². The summed E-state index contributed by atoms with van der Waals surface area (Å²) in [5, 5.41) is 21.6. The van der Waals surface area contributed by atoms with Crippen molar-refractivity contribution in [2.45, 2.75) is 51.7 Å². The first-order valence-electron chi connectivity index (χ1n) is 10.6. The Kier molecular flexibility index (Phi) is 6.63. The Hall–Kier alpha value is -2.70. The van der Waals surface area contributed by atoms with Gasteiger partial charge in [-0.3, -0.25) is 9.78 Å². The average Bonchev–Trinajstić information content (AvgIpc) is 3.42. The van der Waals surface area contributed by atoms with Crippen LogP contribution in [0.15, 0.2) is 34.2 Å². The van der Waals surface area contributed by atoms with Gasteiger partial charge in [0.2, 0.25) is 11.8 Å². The number of thiophene rings is 1. The molecule has 9 heteroatoms. The maximum absolute atomic E-state index is 12.6. The fourth-order valence-electron chi connectivity index (χ4n) is 3.92. The van der Waals surface area contributed by atoms with Crippen molar-refractivity contribution in [1.29, 1.82) is 5.26 Å². The second kappa shape index (κ2) is 9.43. The van der Waals surface area contributed by atoms with Crippen LogP contribution in [0.1, 0.15) is 49.6 Å². The molecule has 0 saturated heterocycles. The second-order valence-electron chi connectivity index (χ2n) is 8.55. The summed E-state index contributed by atoms with van der Waals surface area (Å²) < 4.78 is 5.62. The van der Waals surface area contributed by atoms with E-state index in [1.54, 1.807) is 35.9 Å². The van der Waals surface area contributed by atoms with Crippen LogP contribution in [0.4, 0.5) is 5.00 Å². The van der Waals surface area contributed by atoms with E-state index in [1.807, 2.05) is 0 Å². The van der Waals surface area contributed by atoms with E-state index in [0.717, 1.165) is 36.8 Å². The van der Waals surface area contributed by atoms with Crippen molar-refractivity contribution in [3.05, 3.63) is 40.5 Å². The molecule has 1 aliphatic rings. The van der Waals surface area contributed by atoms with Crippen LogP contribution in [-0.2, 0) is 17.6 Å². The highest BCUT2D eigenvalue weighted by molar-refractivity contribution is 7.99. The van der Waals surface area contributed by atoms with E-state index in [4.69, 9.17) is 4.42 Å². The monoisotopic (exact) mass is 467 g/mol. The van der Waals surface area contributed by atoms with Crippen LogP contribution in [0.5, 0.6) is 0 Å². The number of nitrogens with one attached hydrogen (secondary N) is 1. The highest BCUT2D eigenvalue weighted by Gasteiger charge is 2.34. The molecule has 0 unspecified atom stereocenters. The molecule has 3 aromatic rings. The fraction of sp³-hybridized carbons (Fsp3) is 0.435. The molecule has 7 nitrogen and oxygen atoms in total. The summed E-state index contributed by atoms with van der Waals surface area (Å²) >= 11 is 2.72. The van der Waals surface area contributed by atoms with Crippen molar-refractivity contribution >= 4 is 34.0 Å². The van der Waals surface area contributed by atoms with Crippen LogP contribution in [0.2, 0.25) is 0 Å². The summed E-state index contributed by atoms with van der Waals surface area (Å²) in [5.41, 5.74) is 2.78. The molecule has 4 rings (SSSR count). The minimum Gasteiger partial charge on any atom is -0.411 e. The molecule has 0 aliphatic heterocycles. The molecule has 166 valence electrons. The second-order valence-corrected chi connectivity index (χ2v) is 10.6. The van der Waals surface area contributed by atoms with Gasteiger partial charge in [0.1, 0.15) is 11.1 Å². The molecule has 1 amide bonds. The molecule has 0 spiro atoms. The number of nitriles is 1. The average molecular weight is 468 g/mol. The predicted molar refractivity (Wildman–Crippen MR) is 126 cm³/mol. The van der Waals surface area contributed by atoms with E-state index in [0.29, 0.717) is 27.6 Å². The molecule has 1 aliphatic carbocycles. The number of nitrogens with zero attached hydrogens (tertiary/aromatic N) is 4. The van der Waals surface area contributed by atoms with Gasteiger partial charge in [-0.05, 0) is 48.3 Å². The normalized spacial score (nSPS) is 15.8. The molecule has 0 aromatic carbocycles. The van der Waals surface area contributed by atoms with E-state index in [-0.39, 0.29) is 17.1 Å². The SMILES string of the molecule is CCC(C)(C)[C@H]1CCc2c(sc(NC(=O)CSc3nnc(-c4ccncc4)o3)c2C#N)C1. The molecule has 32 heavy (non-hydrogen) atoms. The number of rotatable bonds is 7. The Bertz CT molecular complexity index is 1150. The van der Waals surface area contributed by atoms with Gasteiger partial charge in [0.05, 0.1) is 11.3 Å². The van der Waals surface area contributed by atoms with Gasteiger partial charge in [-0.1, -0.05) is 39.0 Å². The standard InChI is InChI=1S/C23H25N5O2S2/c1-4-23(2,3)15-5-6-16-17(12-24)21(32-18(16)11-15)26-19(29)13-31-22-28-27-20(30-22)14-7-9-25-10-8-14/h7-10,15H,4-6,11,13H2,1-3H3,(H,26,29)/t15-/m0/s1. The Morgan fingerprint density at radius 3 is 2.88 bits per heavy atom. The summed E-state index contributed by atoms with van der Waals surface area (Å²) in [5.74, 6) is 0.907. The molecule has 0 saturated carbocycles. The van der Waals surface area contributed by atoms with Gasteiger partial charge < -0.3 is 9.73 Å². The third kappa shape index (κ3) is 4.71. The Morgan fingerprint density at radius 2 is 2.16 bits per heavy atom. The number of anilines is 1. The highest BCUT2D eigenvalue weighted by atomic mass is 32.2. The molecule has 0 fully saturated rings. The first-order valence-corrected chi connectivity index (χ1v) is 12.4. The predicted octanol–water partition coefficient (Wildman–Crippen LogP) is 5.34. The lowest BCUT2D eigenvalue weighted by atomic mass is 9.69. The zero-order valence-corrected chi connectivity index (χ0v) is 20.0. The number of carbonyl (C=O) groups excluding carboxylic acids is 1. The van der Waals surface area contributed by atoms with Crippen LogP contribution in [0, 0.1) is 22.7 Å².